The Labute approximate surface area is 294 Å². The molecule has 1 N–H and O–H groups in total. The van der Waals surface area contributed by atoms with Gasteiger partial charge in [0, 0.05) is 50.4 Å². The van der Waals surface area contributed by atoms with Gasteiger partial charge in [0.2, 0.25) is 5.91 Å². The first-order chi connectivity index (χ1) is 24.3. The Kier molecular flexibility index (Phi) is 10.9. The molecule has 50 heavy (non-hydrogen) atoms. The average molecular weight is 669 g/mol. The van der Waals surface area contributed by atoms with Gasteiger partial charge < -0.3 is 14.7 Å². The van der Waals surface area contributed by atoms with Crippen molar-refractivity contribution in [1.82, 2.24) is 35.3 Å². The molecular formula is C39H44N10O. The SMILES string of the molecule is Cc1cc(C)cc(CN2CCN(CCC(=O)N(c3cccc(CN4CCCCC4)c3)C(C)c3cccc(-c4nnn[nH]4)c3)C2=C(C#N)C#N)c1. The molecule has 0 aliphatic carbocycles. The standard InChI is InChI=1S/C39H44N10O/c1-28-19-29(2)21-32(20-28)27-48-18-17-47(39(48)35(24-40)25-41)16-13-37(50)49(30(3)33-10-8-11-34(23-33)38-42-44-45-43-38)36-12-7-9-31(22-36)26-46-14-5-4-6-15-46/h7-12,19-23,30H,4-6,13-18,26-27H2,1-3H3,(H,42,43,44,45). The number of hydrogen-bond acceptors (Lipinski definition) is 9. The number of nitriles is 2. The lowest BCUT2D eigenvalue weighted by atomic mass is 10.0. The quantitative estimate of drug-likeness (QED) is 0.190. The van der Waals surface area contributed by atoms with E-state index >= 15 is 0 Å². The number of nitrogens with zero attached hydrogens (tertiary/aromatic N) is 9. The topological polar surface area (TPSA) is 132 Å². The summed E-state index contributed by atoms with van der Waals surface area (Å²) in [5.41, 5.74) is 7.33. The molecule has 0 radical (unpaired) electrons. The Hall–Kier alpha value is -5.52. The molecule has 6 rings (SSSR count). The van der Waals surface area contributed by atoms with Crippen LogP contribution < -0.4 is 4.90 Å². The van der Waals surface area contributed by atoms with Crippen LogP contribution in [0.2, 0.25) is 0 Å². The largest absolute Gasteiger partial charge is 0.354 e. The summed E-state index contributed by atoms with van der Waals surface area (Å²) in [5.74, 6) is 1.12. The number of rotatable bonds is 11. The van der Waals surface area contributed by atoms with Crippen LogP contribution in [0.1, 0.15) is 66.5 Å². The number of aromatic amines is 1. The summed E-state index contributed by atoms with van der Waals surface area (Å²) in [6.45, 7) is 11.5. The Morgan fingerprint density at radius 2 is 1.62 bits per heavy atom. The molecule has 1 unspecified atom stereocenters. The van der Waals surface area contributed by atoms with E-state index in [0.29, 0.717) is 37.8 Å². The van der Waals surface area contributed by atoms with Crippen molar-refractivity contribution in [2.75, 3.05) is 37.6 Å². The van der Waals surface area contributed by atoms with E-state index in [0.717, 1.165) is 42.0 Å². The van der Waals surface area contributed by atoms with Crippen LogP contribution in [0.3, 0.4) is 0 Å². The second-order valence-corrected chi connectivity index (χ2v) is 13.4. The summed E-state index contributed by atoms with van der Waals surface area (Å²) in [6, 6.07) is 26.6. The zero-order chi connectivity index (χ0) is 35.0. The maximum Gasteiger partial charge on any atom is 0.229 e. The molecule has 11 heteroatoms. The number of carbonyl (C=O) groups is 1. The van der Waals surface area contributed by atoms with Crippen LogP contribution >= 0.6 is 0 Å². The molecule has 4 aromatic rings. The molecule has 0 saturated carbocycles. The number of amides is 1. The molecule has 3 aromatic carbocycles. The third-order valence-corrected chi connectivity index (χ3v) is 9.62. The van der Waals surface area contributed by atoms with Gasteiger partial charge in [-0.2, -0.15) is 10.5 Å². The third-order valence-electron chi connectivity index (χ3n) is 9.62. The van der Waals surface area contributed by atoms with Gasteiger partial charge in [0.05, 0.1) is 6.04 Å². The number of aryl methyl sites for hydroxylation is 2. The minimum atomic E-state index is -0.299. The maximum absolute atomic E-state index is 14.5. The zero-order valence-electron chi connectivity index (χ0n) is 29.1. The van der Waals surface area contributed by atoms with Crippen LogP contribution in [0, 0.1) is 36.5 Å². The molecule has 1 amide bonds. The van der Waals surface area contributed by atoms with Crippen molar-refractivity contribution in [2.45, 2.75) is 65.6 Å². The van der Waals surface area contributed by atoms with Crippen molar-refractivity contribution in [3.63, 3.8) is 0 Å². The van der Waals surface area contributed by atoms with Crippen molar-refractivity contribution >= 4 is 11.6 Å². The lowest BCUT2D eigenvalue weighted by Crippen LogP contribution is -2.36. The molecule has 1 atom stereocenters. The van der Waals surface area contributed by atoms with Crippen molar-refractivity contribution in [3.05, 3.63) is 106 Å². The van der Waals surface area contributed by atoms with Crippen LogP contribution in [-0.2, 0) is 17.9 Å². The minimum absolute atomic E-state index is 0.0399. The summed E-state index contributed by atoms with van der Waals surface area (Å²) >= 11 is 0. The van der Waals surface area contributed by atoms with Crippen molar-refractivity contribution in [2.24, 2.45) is 0 Å². The summed E-state index contributed by atoms with van der Waals surface area (Å²) < 4.78 is 0. The number of carbonyl (C=O) groups excluding carboxylic acids is 1. The summed E-state index contributed by atoms with van der Waals surface area (Å²) in [7, 11) is 0. The van der Waals surface area contributed by atoms with Crippen molar-refractivity contribution in [1.29, 1.82) is 10.5 Å². The summed E-state index contributed by atoms with van der Waals surface area (Å²) in [5, 5.41) is 34.3. The smallest absolute Gasteiger partial charge is 0.229 e. The second-order valence-electron chi connectivity index (χ2n) is 13.4. The maximum atomic E-state index is 14.5. The van der Waals surface area contributed by atoms with E-state index in [-0.39, 0.29) is 23.9 Å². The lowest BCUT2D eigenvalue weighted by molar-refractivity contribution is -0.119. The number of tetrazole rings is 1. The van der Waals surface area contributed by atoms with Crippen molar-refractivity contribution in [3.8, 4) is 23.5 Å². The van der Waals surface area contributed by atoms with Gasteiger partial charge in [-0.1, -0.05) is 66.1 Å². The zero-order valence-corrected chi connectivity index (χ0v) is 29.1. The van der Waals surface area contributed by atoms with E-state index in [4.69, 9.17) is 0 Å². The number of anilines is 1. The second kappa shape index (κ2) is 15.8. The van der Waals surface area contributed by atoms with Crippen LogP contribution in [0.5, 0.6) is 0 Å². The molecule has 0 bridgehead atoms. The van der Waals surface area contributed by atoms with E-state index in [9.17, 15) is 15.3 Å². The predicted octanol–water partition coefficient (Wildman–Crippen LogP) is 6.03. The molecule has 2 saturated heterocycles. The number of allylic oxidation sites excluding steroid dienone is 1. The molecule has 2 aliphatic heterocycles. The number of aromatic nitrogens is 4. The van der Waals surface area contributed by atoms with E-state index in [2.05, 4.69) is 86.7 Å². The fourth-order valence-corrected chi connectivity index (χ4v) is 7.34. The number of H-pyrrole nitrogens is 1. The van der Waals surface area contributed by atoms with Crippen LogP contribution in [-0.4, -0.2) is 74.0 Å². The molecule has 2 aliphatic rings. The number of likely N-dealkylation sites (tertiary alicyclic amines) is 1. The fourth-order valence-electron chi connectivity index (χ4n) is 7.34. The van der Waals surface area contributed by atoms with Gasteiger partial charge in [0.1, 0.15) is 18.0 Å². The summed E-state index contributed by atoms with van der Waals surface area (Å²) in [4.78, 5) is 23.0. The Bertz CT molecular complexity index is 1880. The predicted molar refractivity (Wildman–Crippen MR) is 192 cm³/mol. The molecule has 3 heterocycles. The van der Waals surface area contributed by atoms with Gasteiger partial charge in [-0.25, -0.2) is 5.10 Å². The average Bonchev–Trinajstić information content (AvgIpc) is 3.80. The molecule has 256 valence electrons. The minimum Gasteiger partial charge on any atom is -0.354 e. The first-order valence-corrected chi connectivity index (χ1v) is 17.4. The van der Waals surface area contributed by atoms with Crippen LogP contribution in [0.25, 0.3) is 11.4 Å². The van der Waals surface area contributed by atoms with Gasteiger partial charge in [0.15, 0.2) is 11.4 Å². The van der Waals surface area contributed by atoms with E-state index < -0.39 is 0 Å². The van der Waals surface area contributed by atoms with E-state index in [1.54, 1.807) is 0 Å². The molecule has 2 fully saturated rings. The molecule has 11 nitrogen and oxygen atoms in total. The fraction of sp³-hybridized carbons (Fsp3) is 0.385. The third kappa shape index (κ3) is 8.02. The lowest BCUT2D eigenvalue weighted by Gasteiger charge is -2.32. The van der Waals surface area contributed by atoms with Gasteiger partial charge in [-0.15, -0.1) is 5.10 Å². The summed E-state index contributed by atoms with van der Waals surface area (Å²) in [6.07, 6.45) is 3.91. The highest BCUT2D eigenvalue weighted by Crippen LogP contribution is 2.32. The van der Waals surface area contributed by atoms with Crippen molar-refractivity contribution < 1.29 is 4.79 Å². The Morgan fingerprint density at radius 3 is 2.34 bits per heavy atom. The highest BCUT2D eigenvalue weighted by Gasteiger charge is 2.31. The van der Waals surface area contributed by atoms with E-state index in [1.807, 2.05) is 53.1 Å². The monoisotopic (exact) mass is 668 g/mol. The Morgan fingerprint density at radius 1 is 0.880 bits per heavy atom. The number of nitrogens with one attached hydrogen (secondary N) is 1. The molecule has 0 spiro atoms. The molecule has 1 aromatic heterocycles. The Balaban J connectivity index is 1.26. The van der Waals surface area contributed by atoms with Gasteiger partial charge in [-0.3, -0.25) is 9.69 Å². The van der Waals surface area contributed by atoms with Crippen LogP contribution in [0.15, 0.2) is 78.1 Å². The molecular weight excluding hydrogens is 624 g/mol. The first kappa shape index (κ1) is 34.3. The number of hydrogen-bond donors (Lipinski definition) is 1. The number of piperidine rings is 1. The van der Waals surface area contributed by atoms with E-state index in [1.165, 1.54) is 36.0 Å². The normalized spacial score (nSPS) is 15.4. The van der Waals surface area contributed by atoms with Gasteiger partial charge in [0.25, 0.3) is 0 Å². The first-order valence-electron chi connectivity index (χ1n) is 17.4. The van der Waals surface area contributed by atoms with Gasteiger partial charge in [-0.05, 0) is 92.0 Å². The van der Waals surface area contributed by atoms with Crippen LogP contribution in [0.4, 0.5) is 5.69 Å². The number of benzene rings is 3. The van der Waals surface area contributed by atoms with Gasteiger partial charge >= 0.3 is 0 Å². The highest BCUT2D eigenvalue weighted by atomic mass is 16.2. The highest BCUT2D eigenvalue weighted by molar-refractivity contribution is 5.94.